The molecule has 0 spiro atoms. The fourth-order valence-corrected chi connectivity index (χ4v) is 5.22. The smallest absolute Gasteiger partial charge is 0.0953 e. The molecule has 47 heavy (non-hydrogen) atoms. The van der Waals surface area contributed by atoms with Gasteiger partial charge in [-0.05, 0) is 75.8 Å². The fraction of sp³-hybridized carbons (Fsp3) is 0.558. The Labute approximate surface area is 294 Å². The highest BCUT2D eigenvalue weighted by Gasteiger charge is 2.08. The normalized spacial score (nSPS) is 11.2. The van der Waals surface area contributed by atoms with Crippen LogP contribution in [0.4, 0.5) is 0 Å². The van der Waals surface area contributed by atoms with Crippen molar-refractivity contribution in [2.24, 2.45) is 0 Å². The van der Waals surface area contributed by atoms with Crippen LogP contribution < -0.4 is 0 Å². The SMILES string of the molecule is CC(C)c1ccc(C(C)C)cc1.CC(C)c1ccc(C(C)C)nc1.CC(C)c1ccc(C(C)C)nc1.CC(C)c1cnc(C(C)C)s1. The first kappa shape index (κ1) is 42.2. The zero-order valence-corrected chi connectivity index (χ0v) is 33.5. The van der Waals surface area contributed by atoms with Crippen LogP contribution in [0, 0.1) is 0 Å². The van der Waals surface area contributed by atoms with E-state index in [9.17, 15) is 0 Å². The maximum absolute atomic E-state index is 4.40. The summed E-state index contributed by atoms with van der Waals surface area (Å²) in [4.78, 5) is 14.6. The predicted molar refractivity (Wildman–Crippen MR) is 210 cm³/mol. The van der Waals surface area contributed by atoms with Crippen LogP contribution in [0.3, 0.4) is 0 Å². The minimum Gasteiger partial charge on any atom is -0.261 e. The molecule has 1 aromatic carbocycles. The number of benzene rings is 1. The highest BCUT2D eigenvalue weighted by molar-refractivity contribution is 7.11. The van der Waals surface area contributed by atoms with Gasteiger partial charge in [0.15, 0.2) is 0 Å². The molecule has 0 bridgehead atoms. The number of aromatic nitrogens is 3. The second-order valence-electron chi connectivity index (χ2n) is 15.0. The first-order valence-corrected chi connectivity index (χ1v) is 18.7. The molecular weight excluding hydrogens is 591 g/mol. The first-order chi connectivity index (χ1) is 21.9. The van der Waals surface area contributed by atoms with E-state index in [1.165, 1.54) is 43.5 Å². The molecule has 4 heteroatoms. The molecule has 3 heterocycles. The summed E-state index contributed by atoms with van der Waals surface area (Å²) in [5.74, 6) is 4.72. The molecular formula is C43H67N3S. The van der Waals surface area contributed by atoms with Gasteiger partial charge in [0.1, 0.15) is 0 Å². The zero-order valence-electron chi connectivity index (χ0n) is 32.7. The second kappa shape index (κ2) is 21.2. The second-order valence-corrected chi connectivity index (χ2v) is 16.1. The molecule has 4 aromatic rings. The van der Waals surface area contributed by atoms with Gasteiger partial charge in [-0.1, -0.05) is 147 Å². The Kier molecular flexibility index (Phi) is 19.0. The van der Waals surface area contributed by atoms with Gasteiger partial charge in [-0.2, -0.15) is 0 Å². The van der Waals surface area contributed by atoms with Gasteiger partial charge in [0.05, 0.1) is 5.01 Å². The topological polar surface area (TPSA) is 38.7 Å². The van der Waals surface area contributed by atoms with Crippen LogP contribution in [0.5, 0.6) is 0 Å². The van der Waals surface area contributed by atoms with Gasteiger partial charge < -0.3 is 0 Å². The van der Waals surface area contributed by atoms with Crippen molar-refractivity contribution in [3.05, 3.63) is 111 Å². The highest BCUT2D eigenvalue weighted by atomic mass is 32.1. The average molecular weight is 658 g/mol. The number of nitrogens with zero attached hydrogens (tertiary/aromatic N) is 3. The fourth-order valence-electron chi connectivity index (χ4n) is 4.30. The Bertz CT molecular complexity index is 1120. The number of rotatable bonds is 8. The molecule has 0 saturated carbocycles. The quantitative estimate of drug-likeness (QED) is 0.189. The maximum Gasteiger partial charge on any atom is 0.0953 e. The minimum atomic E-state index is 0.534. The van der Waals surface area contributed by atoms with E-state index in [0.717, 1.165) is 0 Å². The number of pyridine rings is 2. The van der Waals surface area contributed by atoms with Crippen LogP contribution >= 0.6 is 11.3 Å². The summed E-state index contributed by atoms with van der Waals surface area (Å²) in [5, 5.41) is 1.26. The summed E-state index contributed by atoms with van der Waals surface area (Å²) in [5.41, 5.74) is 7.86. The largest absolute Gasteiger partial charge is 0.261 e. The summed E-state index contributed by atoms with van der Waals surface area (Å²) in [7, 11) is 0. The van der Waals surface area contributed by atoms with E-state index in [1.807, 2.05) is 29.9 Å². The van der Waals surface area contributed by atoms with E-state index < -0.39 is 0 Å². The lowest BCUT2D eigenvalue weighted by atomic mass is 9.97. The van der Waals surface area contributed by atoms with E-state index in [4.69, 9.17) is 0 Å². The molecule has 0 fully saturated rings. The van der Waals surface area contributed by atoms with Crippen LogP contribution in [0.25, 0.3) is 0 Å². The molecule has 3 nitrogen and oxygen atoms in total. The molecule has 0 amide bonds. The van der Waals surface area contributed by atoms with Gasteiger partial charge >= 0.3 is 0 Å². The third-order valence-corrected chi connectivity index (χ3v) is 9.61. The van der Waals surface area contributed by atoms with Crippen LogP contribution in [0.1, 0.15) is 202 Å². The molecule has 0 radical (unpaired) electrons. The molecule has 0 N–H and O–H groups in total. The number of thiazole rings is 1. The van der Waals surface area contributed by atoms with Gasteiger partial charge in [0.2, 0.25) is 0 Å². The molecule has 3 aromatic heterocycles. The monoisotopic (exact) mass is 658 g/mol. The number of hydrogen-bond acceptors (Lipinski definition) is 4. The average Bonchev–Trinajstić information content (AvgIpc) is 3.54. The lowest BCUT2D eigenvalue weighted by Crippen LogP contribution is -1.94. The highest BCUT2D eigenvalue weighted by Crippen LogP contribution is 2.26. The number of hydrogen-bond donors (Lipinski definition) is 0. The minimum absolute atomic E-state index is 0.534. The van der Waals surface area contributed by atoms with Gasteiger partial charge in [-0.25, -0.2) is 4.98 Å². The third kappa shape index (κ3) is 15.7. The third-order valence-electron chi connectivity index (χ3n) is 8.01. The van der Waals surface area contributed by atoms with E-state index in [1.54, 1.807) is 0 Å². The van der Waals surface area contributed by atoms with Crippen molar-refractivity contribution in [3.63, 3.8) is 0 Å². The summed E-state index contributed by atoms with van der Waals surface area (Å²) in [6.07, 6.45) is 5.98. The molecule has 4 rings (SSSR count). The maximum atomic E-state index is 4.40. The van der Waals surface area contributed by atoms with E-state index in [2.05, 4.69) is 174 Å². The summed E-state index contributed by atoms with van der Waals surface area (Å²) in [6.45, 7) is 35.1. The van der Waals surface area contributed by atoms with E-state index in [0.29, 0.717) is 47.3 Å². The van der Waals surface area contributed by atoms with E-state index >= 15 is 0 Å². The molecule has 0 unspecified atom stereocenters. The Hall–Kier alpha value is -2.85. The van der Waals surface area contributed by atoms with Crippen LogP contribution in [-0.4, -0.2) is 15.0 Å². The Morgan fingerprint density at radius 3 is 0.872 bits per heavy atom. The molecule has 0 saturated heterocycles. The lowest BCUT2D eigenvalue weighted by molar-refractivity contribution is 0.802. The lowest BCUT2D eigenvalue weighted by Gasteiger charge is -2.08. The zero-order chi connectivity index (χ0) is 35.8. The summed E-state index contributed by atoms with van der Waals surface area (Å²) < 4.78 is 0. The summed E-state index contributed by atoms with van der Waals surface area (Å²) in [6, 6.07) is 17.5. The van der Waals surface area contributed by atoms with E-state index in [-0.39, 0.29) is 0 Å². The van der Waals surface area contributed by atoms with Crippen LogP contribution in [-0.2, 0) is 0 Å². The van der Waals surface area contributed by atoms with Gasteiger partial charge in [-0.15, -0.1) is 11.3 Å². The Morgan fingerprint density at radius 2 is 0.681 bits per heavy atom. The standard InChI is InChI=1S/C12H18.2C11H17N.C9H15NS/c1-9(2)11-5-7-12(8-6-11)10(3)4;2*1-8(2)10-5-6-11(9(3)4)12-7-10;1-6(2)8-5-10-9(11-8)7(3)4/h5-10H,1-4H3;2*5-9H,1-4H3;5-7H,1-4H3. The van der Waals surface area contributed by atoms with Crippen molar-refractivity contribution >= 4 is 11.3 Å². The van der Waals surface area contributed by atoms with Crippen molar-refractivity contribution in [3.8, 4) is 0 Å². The predicted octanol–water partition coefficient (Wildman–Crippen LogP) is 14.0. The Balaban J connectivity index is 0.000000314. The molecule has 260 valence electrons. The molecule has 0 aliphatic rings. The van der Waals surface area contributed by atoms with Crippen LogP contribution in [0.2, 0.25) is 0 Å². The van der Waals surface area contributed by atoms with Crippen LogP contribution in [0.15, 0.2) is 67.1 Å². The first-order valence-electron chi connectivity index (χ1n) is 17.9. The van der Waals surface area contributed by atoms with Crippen molar-refractivity contribution in [1.82, 2.24) is 15.0 Å². The van der Waals surface area contributed by atoms with Crippen molar-refractivity contribution < 1.29 is 0 Å². The Morgan fingerprint density at radius 1 is 0.340 bits per heavy atom. The molecule has 0 atom stereocenters. The van der Waals surface area contributed by atoms with Crippen molar-refractivity contribution in [2.45, 2.75) is 158 Å². The van der Waals surface area contributed by atoms with Gasteiger partial charge in [0.25, 0.3) is 0 Å². The van der Waals surface area contributed by atoms with Gasteiger partial charge in [-0.3, -0.25) is 9.97 Å². The van der Waals surface area contributed by atoms with Crippen molar-refractivity contribution in [1.29, 1.82) is 0 Å². The van der Waals surface area contributed by atoms with Crippen molar-refractivity contribution in [2.75, 3.05) is 0 Å². The molecule has 0 aliphatic carbocycles. The summed E-state index contributed by atoms with van der Waals surface area (Å²) >= 11 is 1.84. The van der Waals surface area contributed by atoms with Gasteiger partial charge in [0, 0.05) is 40.8 Å². The molecule has 0 aliphatic heterocycles.